The van der Waals surface area contributed by atoms with E-state index in [-0.39, 0.29) is 5.78 Å². The first-order valence-corrected chi connectivity index (χ1v) is 7.84. The summed E-state index contributed by atoms with van der Waals surface area (Å²) >= 11 is 6.17. The fourth-order valence-electron chi connectivity index (χ4n) is 2.22. The van der Waals surface area contributed by atoms with Crippen LogP contribution in [0, 0.1) is 0 Å². The summed E-state index contributed by atoms with van der Waals surface area (Å²) in [7, 11) is 0. The van der Waals surface area contributed by atoms with Gasteiger partial charge in [-0.1, -0.05) is 41.9 Å². The SMILES string of the molecule is CC(=O)c1ccc(Oc2ccnc(Cc3ccccc3)n2)c(Cl)c1. The van der Waals surface area contributed by atoms with Crippen LogP contribution >= 0.6 is 11.6 Å². The highest BCUT2D eigenvalue weighted by molar-refractivity contribution is 6.32. The molecule has 0 N–H and O–H groups in total. The number of benzene rings is 2. The topological polar surface area (TPSA) is 52.1 Å². The maximum atomic E-state index is 11.4. The van der Waals surface area contributed by atoms with Crippen molar-refractivity contribution in [1.82, 2.24) is 9.97 Å². The molecule has 0 saturated carbocycles. The lowest BCUT2D eigenvalue weighted by Crippen LogP contribution is -1.99. The van der Waals surface area contributed by atoms with Gasteiger partial charge in [-0.05, 0) is 30.7 Å². The average Bonchev–Trinajstić information content (AvgIpc) is 2.58. The van der Waals surface area contributed by atoms with Crippen LogP contribution in [0.4, 0.5) is 0 Å². The standard InChI is InChI=1S/C19H15ClN2O2/c1-13(23)15-7-8-17(16(20)12-15)24-19-9-10-21-18(22-19)11-14-5-3-2-4-6-14/h2-10,12H,11H2,1H3. The van der Waals surface area contributed by atoms with Crippen molar-refractivity contribution in [2.45, 2.75) is 13.3 Å². The number of carbonyl (C=O) groups is 1. The fourth-order valence-corrected chi connectivity index (χ4v) is 2.44. The lowest BCUT2D eigenvalue weighted by molar-refractivity contribution is 0.101. The van der Waals surface area contributed by atoms with Crippen molar-refractivity contribution in [3.05, 3.63) is 82.8 Å². The minimum Gasteiger partial charge on any atom is -0.437 e. The molecule has 0 aliphatic carbocycles. The predicted molar refractivity (Wildman–Crippen MR) is 92.8 cm³/mol. The van der Waals surface area contributed by atoms with Crippen molar-refractivity contribution in [3.63, 3.8) is 0 Å². The Morgan fingerprint density at radius 2 is 1.92 bits per heavy atom. The molecule has 0 atom stereocenters. The molecule has 0 radical (unpaired) electrons. The molecule has 24 heavy (non-hydrogen) atoms. The van der Waals surface area contributed by atoms with E-state index in [0.29, 0.717) is 34.5 Å². The maximum Gasteiger partial charge on any atom is 0.222 e. The number of ketones is 1. The zero-order valence-electron chi connectivity index (χ0n) is 13.1. The van der Waals surface area contributed by atoms with E-state index < -0.39 is 0 Å². The van der Waals surface area contributed by atoms with Crippen molar-refractivity contribution in [2.24, 2.45) is 0 Å². The molecule has 0 amide bonds. The summed E-state index contributed by atoms with van der Waals surface area (Å²) in [5, 5.41) is 0.367. The van der Waals surface area contributed by atoms with Crippen LogP contribution < -0.4 is 4.74 Å². The zero-order valence-corrected chi connectivity index (χ0v) is 13.8. The van der Waals surface area contributed by atoms with E-state index in [1.165, 1.54) is 6.92 Å². The highest BCUT2D eigenvalue weighted by Gasteiger charge is 2.09. The van der Waals surface area contributed by atoms with Crippen LogP contribution in [0.25, 0.3) is 0 Å². The van der Waals surface area contributed by atoms with Crippen molar-refractivity contribution < 1.29 is 9.53 Å². The number of hydrogen-bond donors (Lipinski definition) is 0. The second-order valence-corrected chi connectivity index (χ2v) is 5.68. The highest BCUT2D eigenvalue weighted by Crippen LogP contribution is 2.29. The molecular weight excluding hydrogens is 324 g/mol. The number of hydrogen-bond acceptors (Lipinski definition) is 4. The minimum atomic E-state index is -0.0457. The van der Waals surface area contributed by atoms with E-state index in [2.05, 4.69) is 9.97 Å². The van der Waals surface area contributed by atoms with Crippen molar-refractivity contribution in [2.75, 3.05) is 0 Å². The van der Waals surface area contributed by atoms with Crippen molar-refractivity contribution in [3.8, 4) is 11.6 Å². The summed E-state index contributed by atoms with van der Waals surface area (Å²) in [5.41, 5.74) is 1.67. The van der Waals surface area contributed by atoms with Gasteiger partial charge in [0.1, 0.15) is 11.6 Å². The first kappa shape index (κ1) is 16.1. The van der Waals surface area contributed by atoms with Gasteiger partial charge < -0.3 is 4.74 Å². The number of nitrogens with zero attached hydrogens (tertiary/aromatic N) is 2. The van der Waals surface area contributed by atoms with Gasteiger partial charge in [-0.3, -0.25) is 4.79 Å². The lowest BCUT2D eigenvalue weighted by atomic mass is 10.1. The molecule has 0 bridgehead atoms. The van der Waals surface area contributed by atoms with E-state index >= 15 is 0 Å². The molecule has 1 heterocycles. The molecule has 4 nitrogen and oxygen atoms in total. The number of Topliss-reactive ketones (excluding diaryl/α,β-unsaturated/α-hetero) is 1. The smallest absolute Gasteiger partial charge is 0.222 e. The number of rotatable bonds is 5. The van der Waals surface area contributed by atoms with Gasteiger partial charge in [0.05, 0.1) is 5.02 Å². The monoisotopic (exact) mass is 338 g/mol. The summed E-state index contributed by atoms with van der Waals surface area (Å²) in [6, 6.07) is 16.6. The molecule has 0 fully saturated rings. The van der Waals surface area contributed by atoms with E-state index in [0.717, 1.165) is 5.56 Å². The maximum absolute atomic E-state index is 11.4. The van der Waals surface area contributed by atoms with Crippen LogP contribution in [0.1, 0.15) is 28.7 Å². The average molecular weight is 339 g/mol. The molecular formula is C19H15ClN2O2. The van der Waals surface area contributed by atoms with Crippen molar-refractivity contribution in [1.29, 1.82) is 0 Å². The van der Waals surface area contributed by atoms with Gasteiger partial charge in [-0.2, -0.15) is 4.98 Å². The Kier molecular flexibility index (Phi) is 4.87. The Balaban J connectivity index is 1.78. The van der Waals surface area contributed by atoms with Crippen LogP contribution in [0.3, 0.4) is 0 Å². The molecule has 2 aromatic carbocycles. The summed E-state index contributed by atoms with van der Waals surface area (Å²) < 4.78 is 5.73. The third kappa shape index (κ3) is 3.97. The van der Waals surface area contributed by atoms with E-state index in [1.807, 2.05) is 30.3 Å². The number of ether oxygens (including phenoxy) is 1. The molecule has 3 rings (SSSR count). The van der Waals surface area contributed by atoms with Crippen LogP contribution in [0.15, 0.2) is 60.8 Å². The van der Waals surface area contributed by atoms with Crippen LogP contribution in [0.2, 0.25) is 5.02 Å². The van der Waals surface area contributed by atoms with Crippen LogP contribution in [-0.4, -0.2) is 15.8 Å². The van der Waals surface area contributed by atoms with Crippen LogP contribution in [-0.2, 0) is 6.42 Å². The Morgan fingerprint density at radius 3 is 2.62 bits per heavy atom. The first-order chi connectivity index (χ1) is 11.6. The molecule has 120 valence electrons. The largest absolute Gasteiger partial charge is 0.437 e. The molecule has 0 saturated heterocycles. The molecule has 0 aliphatic rings. The summed E-state index contributed by atoms with van der Waals surface area (Å²) in [4.78, 5) is 20.0. The molecule has 1 aromatic heterocycles. The fraction of sp³-hybridized carbons (Fsp3) is 0.105. The number of aromatic nitrogens is 2. The Morgan fingerprint density at radius 1 is 1.12 bits per heavy atom. The highest BCUT2D eigenvalue weighted by atomic mass is 35.5. The van der Waals surface area contributed by atoms with E-state index in [1.54, 1.807) is 30.5 Å². The van der Waals surface area contributed by atoms with Gasteiger partial charge in [0.15, 0.2) is 5.78 Å². The Labute approximate surface area is 145 Å². The Bertz CT molecular complexity index is 866. The second-order valence-electron chi connectivity index (χ2n) is 5.28. The van der Waals surface area contributed by atoms with Gasteiger partial charge in [0.2, 0.25) is 5.88 Å². The molecule has 0 unspecified atom stereocenters. The molecule has 5 heteroatoms. The van der Waals surface area contributed by atoms with Gasteiger partial charge in [0, 0.05) is 24.2 Å². The van der Waals surface area contributed by atoms with Gasteiger partial charge in [-0.15, -0.1) is 0 Å². The third-order valence-electron chi connectivity index (χ3n) is 3.44. The predicted octanol–water partition coefficient (Wildman–Crippen LogP) is 4.72. The second kappa shape index (κ2) is 7.23. The minimum absolute atomic E-state index is 0.0457. The molecule has 0 spiro atoms. The molecule has 3 aromatic rings. The number of halogens is 1. The number of carbonyl (C=O) groups excluding carboxylic acids is 1. The van der Waals surface area contributed by atoms with Gasteiger partial charge >= 0.3 is 0 Å². The van der Waals surface area contributed by atoms with Gasteiger partial charge in [-0.25, -0.2) is 4.98 Å². The third-order valence-corrected chi connectivity index (χ3v) is 3.73. The zero-order chi connectivity index (χ0) is 16.9. The first-order valence-electron chi connectivity index (χ1n) is 7.46. The van der Waals surface area contributed by atoms with Crippen LogP contribution in [0.5, 0.6) is 11.6 Å². The lowest BCUT2D eigenvalue weighted by Gasteiger charge is -2.08. The molecule has 0 aliphatic heterocycles. The van der Waals surface area contributed by atoms with Crippen molar-refractivity contribution >= 4 is 17.4 Å². The summed E-state index contributed by atoms with van der Waals surface area (Å²) in [5.74, 6) is 1.48. The normalized spacial score (nSPS) is 10.4. The Hall–Kier alpha value is -2.72. The quantitative estimate of drug-likeness (QED) is 0.632. The van der Waals surface area contributed by atoms with E-state index in [9.17, 15) is 4.79 Å². The van der Waals surface area contributed by atoms with E-state index in [4.69, 9.17) is 16.3 Å². The summed E-state index contributed by atoms with van der Waals surface area (Å²) in [6.07, 6.45) is 2.27. The summed E-state index contributed by atoms with van der Waals surface area (Å²) in [6.45, 7) is 1.49. The van der Waals surface area contributed by atoms with Gasteiger partial charge in [0.25, 0.3) is 0 Å².